The van der Waals surface area contributed by atoms with E-state index in [9.17, 15) is 4.79 Å². The van der Waals surface area contributed by atoms with Gasteiger partial charge in [0.15, 0.2) is 0 Å². The summed E-state index contributed by atoms with van der Waals surface area (Å²) >= 11 is 0. The molecule has 0 atom stereocenters. The molecule has 0 spiro atoms. The molecule has 3 heteroatoms. The standard InChI is InChI=1S/C18H28N2O/c1-12-14(16(19)21)7-6-8-15(12)20-13-9-17(2,3)11-18(4,5)10-13/h6-8,13,20H,9-11H2,1-5H3,(H2,19,21). The summed E-state index contributed by atoms with van der Waals surface area (Å²) in [4.78, 5) is 11.5. The average molecular weight is 288 g/mol. The zero-order chi connectivity index (χ0) is 15.8. The number of nitrogens with two attached hydrogens (primary N) is 1. The van der Waals surface area contributed by atoms with Crippen molar-refractivity contribution in [3.8, 4) is 0 Å². The first-order valence-corrected chi connectivity index (χ1v) is 7.76. The van der Waals surface area contributed by atoms with Gasteiger partial charge in [0.2, 0.25) is 5.91 Å². The summed E-state index contributed by atoms with van der Waals surface area (Å²) in [6.45, 7) is 11.3. The van der Waals surface area contributed by atoms with Gasteiger partial charge in [-0.05, 0) is 54.7 Å². The quantitative estimate of drug-likeness (QED) is 0.879. The molecule has 1 aromatic carbocycles. The van der Waals surface area contributed by atoms with Crippen LogP contribution in [0.1, 0.15) is 62.9 Å². The molecule has 1 amide bonds. The molecule has 0 aromatic heterocycles. The van der Waals surface area contributed by atoms with E-state index in [-0.39, 0.29) is 5.91 Å². The second-order valence-corrected chi connectivity index (χ2v) is 8.10. The number of primary amides is 1. The Hall–Kier alpha value is -1.51. The first kappa shape index (κ1) is 15.9. The number of benzene rings is 1. The van der Waals surface area contributed by atoms with Crippen LogP contribution in [0.2, 0.25) is 0 Å². The molecule has 21 heavy (non-hydrogen) atoms. The van der Waals surface area contributed by atoms with E-state index in [1.54, 1.807) is 6.07 Å². The molecule has 2 rings (SSSR count). The molecule has 116 valence electrons. The minimum absolute atomic E-state index is 0.342. The monoisotopic (exact) mass is 288 g/mol. The molecule has 1 aromatic rings. The summed E-state index contributed by atoms with van der Waals surface area (Å²) in [5.74, 6) is -0.361. The van der Waals surface area contributed by atoms with Crippen LogP contribution in [0.5, 0.6) is 0 Å². The van der Waals surface area contributed by atoms with Crippen LogP contribution in [0.25, 0.3) is 0 Å². The van der Waals surface area contributed by atoms with Crippen LogP contribution in [0.15, 0.2) is 18.2 Å². The zero-order valence-electron chi connectivity index (χ0n) is 13.9. The van der Waals surface area contributed by atoms with E-state index in [1.807, 2.05) is 19.1 Å². The smallest absolute Gasteiger partial charge is 0.249 e. The van der Waals surface area contributed by atoms with Crippen molar-refractivity contribution in [3.05, 3.63) is 29.3 Å². The highest BCUT2D eigenvalue weighted by Crippen LogP contribution is 2.46. The molecule has 1 aliphatic carbocycles. The second-order valence-electron chi connectivity index (χ2n) is 8.10. The van der Waals surface area contributed by atoms with Crippen molar-refractivity contribution in [1.29, 1.82) is 0 Å². The fraction of sp³-hybridized carbons (Fsp3) is 0.611. The summed E-state index contributed by atoms with van der Waals surface area (Å²) < 4.78 is 0. The van der Waals surface area contributed by atoms with Gasteiger partial charge in [0, 0.05) is 17.3 Å². The molecule has 1 aliphatic rings. The van der Waals surface area contributed by atoms with Gasteiger partial charge in [0.05, 0.1) is 0 Å². The van der Waals surface area contributed by atoms with Crippen molar-refractivity contribution in [3.63, 3.8) is 0 Å². The summed E-state index contributed by atoms with van der Waals surface area (Å²) in [5.41, 5.74) is 8.71. The highest BCUT2D eigenvalue weighted by Gasteiger charge is 2.38. The van der Waals surface area contributed by atoms with Gasteiger partial charge in [-0.15, -0.1) is 0 Å². The third kappa shape index (κ3) is 3.78. The van der Waals surface area contributed by atoms with E-state index in [1.165, 1.54) is 6.42 Å². The minimum Gasteiger partial charge on any atom is -0.382 e. The Bertz CT molecular complexity index is 530. The van der Waals surface area contributed by atoms with E-state index >= 15 is 0 Å². The lowest BCUT2D eigenvalue weighted by molar-refractivity contribution is 0.0998. The number of carbonyl (C=O) groups excluding carboxylic acids is 1. The molecule has 3 nitrogen and oxygen atoms in total. The molecule has 0 heterocycles. The van der Waals surface area contributed by atoms with Crippen LogP contribution in [0.4, 0.5) is 5.69 Å². The molecule has 0 aliphatic heterocycles. The fourth-order valence-electron chi connectivity index (χ4n) is 4.23. The number of hydrogen-bond donors (Lipinski definition) is 2. The number of rotatable bonds is 3. The largest absolute Gasteiger partial charge is 0.382 e. The van der Waals surface area contributed by atoms with Gasteiger partial charge in [-0.25, -0.2) is 0 Å². The van der Waals surface area contributed by atoms with Gasteiger partial charge in [0.25, 0.3) is 0 Å². The van der Waals surface area contributed by atoms with Gasteiger partial charge in [-0.1, -0.05) is 33.8 Å². The van der Waals surface area contributed by atoms with Crippen LogP contribution in [-0.4, -0.2) is 11.9 Å². The van der Waals surface area contributed by atoms with Gasteiger partial charge in [-0.2, -0.15) is 0 Å². The van der Waals surface area contributed by atoms with E-state index in [4.69, 9.17) is 5.73 Å². The molecular formula is C18H28N2O. The SMILES string of the molecule is Cc1c(NC2CC(C)(C)CC(C)(C)C2)cccc1C(N)=O. The van der Waals surface area contributed by atoms with E-state index in [0.717, 1.165) is 24.1 Å². The van der Waals surface area contributed by atoms with Crippen LogP contribution >= 0.6 is 0 Å². The van der Waals surface area contributed by atoms with Crippen LogP contribution < -0.4 is 11.1 Å². The first-order chi connectivity index (χ1) is 9.60. The Morgan fingerprint density at radius 2 is 1.76 bits per heavy atom. The Morgan fingerprint density at radius 3 is 2.29 bits per heavy atom. The third-order valence-corrected chi connectivity index (χ3v) is 4.51. The minimum atomic E-state index is -0.361. The van der Waals surface area contributed by atoms with Gasteiger partial charge in [-0.3, -0.25) is 4.79 Å². The topological polar surface area (TPSA) is 55.1 Å². The maximum Gasteiger partial charge on any atom is 0.249 e. The maximum atomic E-state index is 11.5. The molecule has 1 saturated carbocycles. The van der Waals surface area contributed by atoms with Crippen molar-refractivity contribution in [1.82, 2.24) is 0 Å². The number of nitrogens with one attached hydrogen (secondary N) is 1. The van der Waals surface area contributed by atoms with Gasteiger partial charge >= 0.3 is 0 Å². The van der Waals surface area contributed by atoms with Crippen molar-refractivity contribution >= 4 is 11.6 Å². The number of hydrogen-bond acceptors (Lipinski definition) is 2. The second kappa shape index (κ2) is 5.36. The highest BCUT2D eigenvalue weighted by atomic mass is 16.1. The molecule has 0 saturated heterocycles. The van der Waals surface area contributed by atoms with Crippen molar-refractivity contribution in [2.75, 3.05) is 5.32 Å². The molecule has 3 N–H and O–H groups in total. The Morgan fingerprint density at radius 1 is 1.19 bits per heavy atom. The molecule has 1 fully saturated rings. The van der Waals surface area contributed by atoms with Crippen LogP contribution in [-0.2, 0) is 0 Å². The fourth-order valence-corrected chi connectivity index (χ4v) is 4.23. The summed E-state index contributed by atoms with van der Waals surface area (Å²) in [6.07, 6.45) is 3.55. The molecule has 0 radical (unpaired) electrons. The predicted molar refractivity (Wildman–Crippen MR) is 88.5 cm³/mol. The number of amides is 1. The molecular weight excluding hydrogens is 260 g/mol. The highest BCUT2D eigenvalue weighted by molar-refractivity contribution is 5.95. The van der Waals surface area contributed by atoms with Gasteiger partial charge in [0.1, 0.15) is 0 Å². The first-order valence-electron chi connectivity index (χ1n) is 7.76. The summed E-state index contributed by atoms with van der Waals surface area (Å²) in [7, 11) is 0. The predicted octanol–water partition coefficient (Wildman–Crippen LogP) is 4.11. The number of carbonyl (C=O) groups is 1. The zero-order valence-corrected chi connectivity index (χ0v) is 13.9. The van der Waals surface area contributed by atoms with Crippen LogP contribution in [0, 0.1) is 17.8 Å². The molecule has 0 bridgehead atoms. The molecule has 0 unspecified atom stereocenters. The Balaban J connectivity index is 2.22. The van der Waals surface area contributed by atoms with Crippen LogP contribution in [0.3, 0.4) is 0 Å². The maximum absolute atomic E-state index is 11.5. The van der Waals surface area contributed by atoms with Gasteiger partial charge < -0.3 is 11.1 Å². The van der Waals surface area contributed by atoms with E-state index < -0.39 is 0 Å². The van der Waals surface area contributed by atoms with E-state index in [2.05, 4.69) is 33.0 Å². The van der Waals surface area contributed by atoms with Crippen molar-refractivity contribution in [2.45, 2.75) is 59.9 Å². The van der Waals surface area contributed by atoms with Crippen molar-refractivity contribution < 1.29 is 4.79 Å². The lowest BCUT2D eigenvalue weighted by Crippen LogP contribution is -2.40. The average Bonchev–Trinajstić information content (AvgIpc) is 2.27. The Kier molecular flexibility index (Phi) is 4.05. The van der Waals surface area contributed by atoms with Crippen molar-refractivity contribution in [2.24, 2.45) is 16.6 Å². The normalized spacial score (nSPS) is 21.0. The Labute approximate surface area is 128 Å². The third-order valence-electron chi connectivity index (χ3n) is 4.51. The lowest BCUT2D eigenvalue weighted by atomic mass is 9.63. The van der Waals surface area contributed by atoms with E-state index in [0.29, 0.717) is 22.4 Å². The summed E-state index contributed by atoms with van der Waals surface area (Å²) in [5, 5.41) is 3.65. The lowest BCUT2D eigenvalue weighted by Gasteiger charge is -2.45. The number of anilines is 1. The summed E-state index contributed by atoms with van der Waals surface area (Å²) in [6, 6.07) is 6.16.